The minimum Gasteiger partial charge on any atom is -0.497 e. The van der Waals surface area contributed by atoms with Crippen LogP contribution >= 0.6 is 11.3 Å². The van der Waals surface area contributed by atoms with E-state index in [2.05, 4.69) is 5.32 Å². The van der Waals surface area contributed by atoms with E-state index in [1.165, 1.54) is 11.3 Å². The van der Waals surface area contributed by atoms with Crippen molar-refractivity contribution in [2.75, 3.05) is 26.1 Å². The molecule has 1 unspecified atom stereocenters. The summed E-state index contributed by atoms with van der Waals surface area (Å²) in [5.74, 6) is 1.37. The number of carbonyl (C=O) groups is 2. The number of amides is 2. The molecule has 2 amide bonds. The Morgan fingerprint density at radius 2 is 1.90 bits per heavy atom. The van der Waals surface area contributed by atoms with E-state index in [1.807, 2.05) is 56.9 Å². The van der Waals surface area contributed by atoms with E-state index in [4.69, 9.17) is 9.47 Å². The predicted octanol–water partition coefficient (Wildman–Crippen LogP) is 5.04. The molecule has 0 bridgehead atoms. The van der Waals surface area contributed by atoms with Crippen LogP contribution in [0.5, 0.6) is 11.5 Å². The summed E-state index contributed by atoms with van der Waals surface area (Å²) in [4.78, 5) is 28.3. The van der Waals surface area contributed by atoms with E-state index in [0.717, 1.165) is 35.5 Å². The van der Waals surface area contributed by atoms with Crippen LogP contribution in [-0.4, -0.2) is 37.5 Å². The quantitative estimate of drug-likeness (QED) is 0.722. The smallest absolute Gasteiger partial charge is 0.264 e. The number of anilines is 1. The van der Waals surface area contributed by atoms with E-state index in [-0.39, 0.29) is 17.9 Å². The molecule has 1 N–H and O–H groups in total. The van der Waals surface area contributed by atoms with Crippen molar-refractivity contribution in [2.45, 2.75) is 46.6 Å². The first kappa shape index (κ1) is 22.2. The molecule has 1 saturated heterocycles. The fourth-order valence-electron chi connectivity index (χ4n) is 3.61. The number of carbonyl (C=O) groups excluding carboxylic acids is 2. The second kappa shape index (κ2) is 8.68. The van der Waals surface area contributed by atoms with Crippen molar-refractivity contribution in [1.82, 2.24) is 4.90 Å². The highest BCUT2D eigenvalue weighted by Crippen LogP contribution is 2.40. The zero-order chi connectivity index (χ0) is 22.1. The van der Waals surface area contributed by atoms with E-state index >= 15 is 0 Å². The van der Waals surface area contributed by atoms with Gasteiger partial charge in [-0.15, -0.1) is 11.3 Å². The number of likely N-dealkylation sites (tertiary alicyclic amines) is 1. The average molecular weight is 431 g/mol. The zero-order valence-corrected chi connectivity index (χ0v) is 19.3. The Bertz CT molecular complexity index is 945. The number of thiophene rings is 1. The lowest BCUT2D eigenvalue weighted by molar-refractivity contribution is -0.123. The standard InChI is InChI=1S/C23H30N2O4S/c1-14-12-19(24-22(27)23(2,3)4)30-20(14)21(26)25-11-7-8-17(25)16-10-9-15(28-5)13-18(16)29-6/h9-10,12-13,17H,7-8,11H2,1-6H3,(H,24,27). The van der Waals surface area contributed by atoms with Crippen molar-refractivity contribution in [1.29, 1.82) is 0 Å². The maximum atomic E-state index is 13.4. The number of nitrogens with one attached hydrogen (secondary N) is 1. The summed E-state index contributed by atoms with van der Waals surface area (Å²) in [6.45, 7) is 8.21. The molecule has 3 rings (SSSR count). The van der Waals surface area contributed by atoms with Gasteiger partial charge in [-0.1, -0.05) is 20.8 Å². The van der Waals surface area contributed by atoms with Crippen molar-refractivity contribution in [3.05, 3.63) is 40.3 Å². The predicted molar refractivity (Wildman–Crippen MR) is 120 cm³/mol. The van der Waals surface area contributed by atoms with Crippen LogP contribution in [0.2, 0.25) is 0 Å². The normalized spacial score (nSPS) is 16.5. The zero-order valence-electron chi connectivity index (χ0n) is 18.5. The molecule has 6 nitrogen and oxygen atoms in total. The van der Waals surface area contributed by atoms with Crippen LogP contribution < -0.4 is 14.8 Å². The molecule has 0 saturated carbocycles. The van der Waals surface area contributed by atoms with E-state index in [1.54, 1.807) is 14.2 Å². The minimum atomic E-state index is -0.493. The average Bonchev–Trinajstić information content (AvgIpc) is 3.32. The van der Waals surface area contributed by atoms with Crippen LogP contribution in [0.3, 0.4) is 0 Å². The van der Waals surface area contributed by atoms with Crippen molar-refractivity contribution in [2.24, 2.45) is 5.41 Å². The van der Waals surface area contributed by atoms with Crippen LogP contribution in [-0.2, 0) is 4.79 Å². The summed E-state index contributed by atoms with van der Waals surface area (Å²) in [5.41, 5.74) is 1.37. The molecule has 1 aromatic heterocycles. The molecule has 1 aromatic carbocycles. The molecule has 1 fully saturated rings. The molecule has 162 valence electrons. The first-order valence-corrected chi connectivity index (χ1v) is 10.9. The van der Waals surface area contributed by atoms with Gasteiger partial charge in [-0.25, -0.2) is 0 Å². The molecule has 30 heavy (non-hydrogen) atoms. The van der Waals surface area contributed by atoms with Gasteiger partial charge in [-0.2, -0.15) is 0 Å². The molecule has 1 aliphatic heterocycles. The third-order valence-electron chi connectivity index (χ3n) is 5.34. The van der Waals surface area contributed by atoms with E-state index in [0.29, 0.717) is 16.4 Å². The molecule has 0 spiro atoms. The Morgan fingerprint density at radius 1 is 1.17 bits per heavy atom. The Balaban J connectivity index is 1.86. The number of benzene rings is 1. The largest absolute Gasteiger partial charge is 0.497 e. The maximum Gasteiger partial charge on any atom is 0.264 e. The number of methoxy groups -OCH3 is 2. The highest BCUT2D eigenvalue weighted by molar-refractivity contribution is 7.18. The molecular weight excluding hydrogens is 400 g/mol. The molecule has 0 radical (unpaired) electrons. The Hall–Kier alpha value is -2.54. The molecule has 1 aliphatic rings. The number of ether oxygens (including phenoxy) is 2. The minimum absolute atomic E-state index is 0.00544. The lowest BCUT2D eigenvalue weighted by Crippen LogP contribution is -2.30. The second-order valence-electron chi connectivity index (χ2n) is 8.59. The topological polar surface area (TPSA) is 67.9 Å². The Morgan fingerprint density at radius 3 is 2.53 bits per heavy atom. The van der Waals surface area contributed by atoms with Gasteiger partial charge in [0, 0.05) is 23.6 Å². The van der Waals surface area contributed by atoms with Crippen molar-refractivity contribution in [3.8, 4) is 11.5 Å². The summed E-state index contributed by atoms with van der Waals surface area (Å²) >= 11 is 1.34. The molecule has 2 aromatic rings. The lowest BCUT2D eigenvalue weighted by Gasteiger charge is -2.26. The molecule has 2 heterocycles. The number of hydrogen-bond donors (Lipinski definition) is 1. The summed E-state index contributed by atoms with van der Waals surface area (Å²) in [7, 11) is 3.25. The monoisotopic (exact) mass is 430 g/mol. The first-order chi connectivity index (χ1) is 14.2. The second-order valence-corrected chi connectivity index (χ2v) is 9.64. The highest BCUT2D eigenvalue weighted by Gasteiger charge is 2.34. The van der Waals surface area contributed by atoms with Crippen LogP contribution in [0.25, 0.3) is 0 Å². The van der Waals surface area contributed by atoms with Crippen LogP contribution in [0, 0.1) is 12.3 Å². The van der Waals surface area contributed by atoms with Gasteiger partial charge >= 0.3 is 0 Å². The fourth-order valence-corrected chi connectivity index (χ4v) is 4.64. The fraction of sp³-hybridized carbons (Fsp3) is 0.478. The molecule has 0 aliphatic carbocycles. The number of nitrogens with zero attached hydrogens (tertiary/aromatic N) is 1. The van der Waals surface area contributed by atoms with Gasteiger partial charge in [-0.3, -0.25) is 9.59 Å². The Kier molecular flexibility index (Phi) is 6.41. The first-order valence-electron chi connectivity index (χ1n) is 10.1. The van der Waals surface area contributed by atoms with Gasteiger partial charge in [0.1, 0.15) is 11.5 Å². The SMILES string of the molecule is COc1ccc(C2CCCN2C(=O)c2sc(NC(=O)C(C)(C)C)cc2C)c(OC)c1. The van der Waals surface area contributed by atoms with Crippen molar-refractivity contribution < 1.29 is 19.1 Å². The van der Waals surface area contributed by atoms with Gasteiger partial charge in [0.05, 0.1) is 30.1 Å². The maximum absolute atomic E-state index is 13.4. The van der Waals surface area contributed by atoms with E-state index < -0.39 is 5.41 Å². The van der Waals surface area contributed by atoms with Gasteiger partial charge in [0.2, 0.25) is 5.91 Å². The van der Waals surface area contributed by atoms with Gasteiger partial charge in [0.25, 0.3) is 5.91 Å². The summed E-state index contributed by atoms with van der Waals surface area (Å²) in [6.07, 6.45) is 1.82. The van der Waals surface area contributed by atoms with E-state index in [9.17, 15) is 9.59 Å². The molecular formula is C23H30N2O4S. The van der Waals surface area contributed by atoms with Gasteiger partial charge in [-0.05, 0) is 43.5 Å². The summed E-state index contributed by atoms with van der Waals surface area (Å²) in [5, 5.41) is 3.64. The Labute approximate surface area is 182 Å². The van der Waals surface area contributed by atoms with Crippen LogP contribution in [0.1, 0.15) is 60.5 Å². The molecule has 1 atom stereocenters. The highest BCUT2D eigenvalue weighted by atomic mass is 32.1. The number of hydrogen-bond acceptors (Lipinski definition) is 5. The van der Waals surface area contributed by atoms with Crippen LogP contribution in [0.4, 0.5) is 5.00 Å². The third kappa shape index (κ3) is 4.46. The number of aryl methyl sites for hydroxylation is 1. The lowest BCUT2D eigenvalue weighted by atomic mass is 9.96. The number of rotatable bonds is 5. The van der Waals surface area contributed by atoms with Gasteiger partial charge < -0.3 is 19.7 Å². The van der Waals surface area contributed by atoms with Crippen molar-refractivity contribution >= 4 is 28.2 Å². The van der Waals surface area contributed by atoms with Crippen molar-refractivity contribution in [3.63, 3.8) is 0 Å². The summed E-state index contributed by atoms with van der Waals surface area (Å²) < 4.78 is 10.9. The van der Waals surface area contributed by atoms with Crippen LogP contribution in [0.15, 0.2) is 24.3 Å². The summed E-state index contributed by atoms with van der Waals surface area (Å²) in [6, 6.07) is 7.56. The molecule has 7 heteroatoms. The third-order valence-corrected chi connectivity index (χ3v) is 6.48. The van der Waals surface area contributed by atoms with Gasteiger partial charge in [0.15, 0.2) is 0 Å².